The van der Waals surface area contributed by atoms with Gasteiger partial charge >= 0.3 is 0 Å². The zero-order valence-corrected chi connectivity index (χ0v) is 12.1. The molecule has 108 valence electrons. The van der Waals surface area contributed by atoms with Crippen LogP contribution in [0, 0.1) is 0 Å². The second-order valence-electron chi connectivity index (χ2n) is 4.40. The molecule has 0 fully saturated rings. The molecule has 6 heteroatoms. The van der Waals surface area contributed by atoms with Gasteiger partial charge in [-0.2, -0.15) is 0 Å². The minimum Gasteiger partial charge on any atom is -0.376 e. The third-order valence-corrected chi connectivity index (χ3v) is 2.73. The standard InChI is InChI=1S/C14H20N4O2/c1-5-14(20)18(6-2)10-13(19)16-12-8-7-11(9-15-12)17(3)4/h5,7-9H,1,6,10H2,2-4H3,(H,15,16,19). The molecule has 0 saturated carbocycles. The van der Waals surface area contributed by atoms with E-state index < -0.39 is 0 Å². The van der Waals surface area contributed by atoms with Gasteiger partial charge in [-0.15, -0.1) is 0 Å². The summed E-state index contributed by atoms with van der Waals surface area (Å²) < 4.78 is 0. The number of pyridine rings is 1. The smallest absolute Gasteiger partial charge is 0.246 e. The van der Waals surface area contributed by atoms with Crippen molar-refractivity contribution in [1.82, 2.24) is 9.88 Å². The summed E-state index contributed by atoms with van der Waals surface area (Å²) in [7, 11) is 3.82. The highest BCUT2D eigenvalue weighted by Gasteiger charge is 2.13. The lowest BCUT2D eigenvalue weighted by Crippen LogP contribution is -2.36. The maximum absolute atomic E-state index is 11.8. The van der Waals surface area contributed by atoms with Gasteiger partial charge < -0.3 is 15.1 Å². The zero-order chi connectivity index (χ0) is 15.1. The van der Waals surface area contributed by atoms with Crippen LogP contribution in [-0.4, -0.2) is 48.9 Å². The Morgan fingerprint density at radius 2 is 2.10 bits per heavy atom. The van der Waals surface area contributed by atoms with E-state index in [2.05, 4.69) is 16.9 Å². The lowest BCUT2D eigenvalue weighted by molar-refractivity contribution is -0.130. The number of carbonyl (C=O) groups is 2. The number of aromatic nitrogens is 1. The molecule has 1 N–H and O–H groups in total. The van der Waals surface area contributed by atoms with Crippen LogP contribution in [-0.2, 0) is 9.59 Å². The van der Waals surface area contributed by atoms with Crippen LogP contribution in [0.4, 0.5) is 11.5 Å². The number of hydrogen-bond donors (Lipinski definition) is 1. The highest BCUT2D eigenvalue weighted by atomic mass is 16.2. The number of amides is 2. The first kappa shape index (κ1) is 15.7. The quantitative estimate of drug-likeness (QED) is 0.791. The minimum atomic E-state index is -0.285. The van der Waals surface area contributed by atoms with Crippen LogP contribution in [0.5, 0.6) is 0 Å². The molecule has 0 aromatic carbocycles. The predicted molar refractivity (Wildman–Crippen MR) is 79.6 cm³/mol. The molecule has 1 aromatic rings. The van der Waals surface area contributed by atoms with Gasteiger partial charge in [0.2, 0.25) is 11.8 Å². The molecule has 1 rings (SSSR count). The fraction of sp³-hybridized carbons (Fsp3) is 0.357. The summed E-state index contributed by atoms with van der Waals surface area (Å²) >= 11 is 0. The highest BCUT2D eigenvalue weighted by molar-refractivity contribution is 5.96. The number of carbonyl (C=O) groups excluding carboxylic acids is 2. The molecule has 1 aromatic heterocycles. The van der Waals surface area contributed by atoms with Gasteiger partial charge in [-0.25, -0.2) is 4.98 Å². The average Bonchev–Trinajstić information content (AvgIpc) is 2.44. The van der Waals surface area contributed by atoms with Crippen molar-refractivity contribution in [3.05, 3.63) is 31.0 Å². The van der Waals surface area contributed by atoms with Gasteiger partial charge in [-0.05, 0) is 25.1 Å². The third kappa shape index (κ3) is 4.38. The molecule has 0 aliphatic rings. The number of hydrogen-bond acceptors (Lipinski definition) is 4. The number of nitrogens with zero attached hydrogens (tertiary/aromatic N) is 3. The van der Waals surface area contributed by atoms with Crippen LogP contribution in [0.15, 0.2) is 31.0 Å². The first-order chi connectivity index (χ1) is 9.47. The molecule has 0 aliphatic carbocycles. The van der Waals surface area contributed by atoms with Gasteiger partial charge in [0, 0.05) is 20.6 Å². The monoisotopic (exact) mass is 276 g/mol. The van der Waals surface area contributed by atoms with E-state index in [-0.39, 0.29) is 18.4 Å². The Labute approximate surface area is 119 Å². The Balaban J connectivity index is 2.61. The first-order valence-corrected chi connectivity index (χ1v) is 6.32. The molecule has 1 heterocycles. The van der Waals surface area contributed by atoms with E-state index in [1.54, 1.807) is 19.2 Å². The predicted octanol–water partition coefficient (Wildman–Crippen LogP) is 1.12. The van der Waals surface area contributed by atoms with Crippen molar-refractivity contribution < 1.29 is 9.59 Å². The largest absolute Gasteiger partial charge is 0.376 e. The fourth-order valence-corrected chi connectivity index (χ4v) is 1.55. The Hall–Kier alpha value is -2.37. The maximum Gasteiger partial charge on any atom is 0.246 e. The van der Waals surface area contributed by atoms with E-state index in [4.69, 9.17) is 0 Å². The Kier molecular flexibility index (Phi) is 5.71. The normalized spacial score (nSPS) is 9.75. The van der Waals surface area contributed by atoms with Crippen LogP contribution in [0.1, 0.15) is 6.92 Å². The maximum atomic E-state index is 11.8. The van der Waals surface area contributed by atoms with Crippen LogP contribution < -0.4 is 10.2 Å². The summed E-state index contributed by atoms with van der Waals surface area (Å²) in [4.78, 5) is 30.7. The van der Waals surface area contributed by atoms with Crippen molar-refractivity contribution in [2.45, 2.75) is 6.92 Å². The molecule has 0 radical (unpaired) electrons. The van der Waals surface area contributed by atoms with E-state index in [9.17, 15) is 9.59 Å². The van der Waals surface area contributed by atoms with Crippen molar-refractivity contribution in [2.75, 3.05) is 37.4 Å². The number of nitrogens with one attached hydrogen (secondary N) is 1. The summed E-state index contributed by atoms with van der Waals surface area (Å²) in [6.45, 7) is 5.65. The summed E-state index contributed by atoms with van der Waals surface area (Å²) in [5.41, 5.74) is 0.944. The molecular formula is C14H20N4O2. The molecule has 0 atom stereocenters. The molecule has 0 spiro atoms. The second kappa shape index (κ2) is 7.28. The number of anilines is 2. The molecule has 0 bridgehead atoms. The number of likely N-dealkylation sites (N-methyl/N-ethyl adjacent to an activating group) is 1. The molecule has 0 saturated heterocycles. The van der Waals surface area contributed by atoms with Crippen molar-refractivity contribution in [2.24, 2.45) is 0 Å². The van der Waals surface area contributed by atoms with E-state index in [1.165, 1.54) is 11.0 Å². The van der Waals surface area contributed by atoms with Gasteiger partial charge in [-0.3, -0.25) is 9.59 Å². The van der Waals surface area contributed by atoms with E-state index in [0.717, 1.165) is 5.69 Å². The van der Waals surface area contributed by atoms with E-state index in [0.29, 0.717) is 12.4 Å². The summed E-state index contributed by atoms with van der Waals surface area (Å²) in [5.74, 6) is -0.0894. The SMILES string of the molecule is C=CC(=O)N(CC)CC(=O)Nc1ccc(N(C)C)cn1. The summed E-state index contributed by atoms with van der Waals surface area (Å²) in [6, 6.07) is 3.58. The summed E-state index contributed by atoms with van der Waals surface area (Å²) in [6.07, 6.45) is 2.86. The lowest BCUT2D eigenvalue weighted by atomic mass is 10.3. The molecule has 0 unspecified atom stereocenters. The van der Waals surface area contributed by atoms with Crippen molar-refractivity contribution in [1.29, 1.82) is 0 Å². The lowest BCUT2D eigenvalue weighted by Gasteiger charge is -2.18. The third-order valence-electron chi connectivity index (χ3n) is 2.73. The van der Waals surface area contributed by atoms with E-state index in [1.807, 2.05) is 25.1 Å². The van der Waals surface area contributed by atoms with Crippen molar-refractivity contribution in [3.63, 3.8) is 0 Å². The van der Waals surface area contributed by atoms with Crippen LogP contribution in [0.2, 0.25) is 0 Å². The Bertz CT molecular complexity index is 482. The fourth-order valence-electron chi connectivity index (χ4n) is 1.55. The van der Waals surface area contributed by atoms with Gasteiger partial charge in [0.15, 0.2) is 0 Å². The molecule has 6 nitrogen and oxygen atoms in total. The van der Waals surface area contributed by atoms with Gasteiger partial charge in [0.05, 0.1) is 11.9 Å². The second-order valence-corrected chi connectivity index (χ2v) is 4.40. The van der Waals surface area contributed by atoms with Crippen molar-refractivity contribution >= 4 is 23.3 Å². The first-order valence-electron chi connectivity index (χ1n) is 6.32. The van der Waals surface area contributed by atoms with Gasteiger partial charge in [-0.1, -0.05) is 6.58 Å². The van der Waals surface area contributed by atoms with E-state index >= 15 is 0 Å². The molecule has 20 heavy (non-hydrogen) atoms. The van der Waals surface area contributed by atoms with Crippen LogP contribution in [0.3, 0.4) is 0 Å². The Morgan fingerprint density at radius 3 is 2.55 bits per heavy atom. The molecule has 2 amide bonds. The number of rotatable bonds is 6. The van der Waals surface area contributed by atoms with Gasteiger partial charge in [0.25, 0.3) is 0 Å². The Morgan fingerprint density at radius 1 is 1.40 bits per heavy atom. The summed E-state index contributed by atoms with van der Waals surface area (Å²) in [5, 5.41) is 2.66. The molecule has 0 aliphatic heterocycles. The topological polar surface area (TPSA) is 65.5 Å². The van der Waals surface area contributed by atoms with Crippen LogP contribution >= 0.6 is 0 Å². The van der Waals surface area contributed by atoms with Crippen LogP contribution in [0.25, 0.3) is 0 Å². The van der Waals surface area contributed by atoms with Gasteiger partial charge in [0.1, 0.15) is 12.4 Å². The minimum absolute atomic E-state index is 0.0154. The zero-order valence-electron chi connectivity index (χ0n) is 12.1. The average molecular weight is 276 g/mol. The van der Waals surface area contributed by atoms with Crippen molar-refractivity contribution in [3.8, 4) is 0 Å². The highest BCUT2D eigenvalue weighted by Crippen LogP contribution is 2.11. The molecular weight excluding hydrogens is 256 g/mol.